The summed E-state index contributed by atoms with van der Waals surface area (Å²) in [4.78, 5) is 9.37. The molecular weight excluding hydrogens is 362 g/mol. The highest BCUT2D eigenvalue weighted by molar-refractivity contribution is 5.79. The van der Waals surface area contributed by atoms with Crippen molar-refractivity contribution >= 4 is 5.96 Å². The number of aryl methyl sites for hydroxylation is 1. The lowest BCUT2D eigenvalue weighted by Crippen LogP contribution is -2.47. The Balaban J connectivity index is 1.43. The Kier molecular flexibility index (Phi) is 8.19. The van der Waals surface area contributed by atoms with E-state index in [4.69, 9.17) is 4.74 Å². The SMILES string of the molecule is CN=C(NCc1ccc(C)cc1OCC1CC1)NCC(C)CN1CCN(C)CC1. The highest BCUT2D eigenvalue weighted by Gasteiger charge is 2.22. The molecule has 1 aromatic rings. The van der Waals surface area contributed by atoms with Gasteiger partial charge in [0.2, 0.25) is 0 Å². The molecule has 1 unspecified atom stereocenters. The minimum absolute atomic E-state index is 0.578. The molecule has 0 radical (unpaired) electrons. The molecule has 6 nitrogen and oxygen atoms in total. The Morgan fingerprint density at radius 1 is 1.21 bits per heavy atom. The third kappa shape index (κ3) is 7.52. The maximum Gasteiger partial charge on any atom is 0.191 e. The van der Waals surface area contributed by atoms with Gasteiger partial charge in [-0.3, -0.25) is 4.99 Å². The van der Waals surface area contributed by atoms with Crippen molar-refractivity contribution in [2.75, 3.05) is 60.0 Å². The van der Waals surface area contributed by atoms with Crippen LogP contribution in [0.5, 0.6) is 5.75 Å². The molecule has 0 spiro atoms. The lowest BCUT2D eigenvalue weighted by Gasteiger charge is -2.34. The average molecular weight is 402 g/mol. The van der Waals surface area contributed by atoms with E-state index in [2.05, 4.69) is 64.5 Å². The summed E-state index contributed by atoms with van der Waals surface area (Å²) in [6.45, 7) is 12.7. The van der Waals surface area contributed by atoms with Gasteiger partial charge < -0.3 is 25.2 Å². The predicted molar refractivity (Wildman–Crippen MR) is 121 cm³/mol. The van der Waals surface area contributed by atoms with E-state index in [0.717, 1.165) is 37.3 Å². The number of guanidine groups is 1. The number of hydrogen-bond acceptors (Lipinski definition) is 4. The van der Waals surface area contributed by atoms with Crippen LogP contribution in [0.1, 0.15) is 30.9 Å². The number of aliphatic imine (C=N–C) groups is 1. The topological polar surface area (TPSA) is 52.1 Å². The molecular formula is C23H39N5O. The van der Waals surface area contributed by atoms with Crippen LogP contribution in [0.25, 0.3) is 0 Å². The number of benzene rings is 1. The van der Waals surface area contributed by atoms with Gasteiger partial charge in [-0.1, -0.05) is 19.1 Å². The number of rotatable bonds is 9. The molecule has 1 saturated heterocycles. The van der Waals surface area contributed by atoms with Crippen LogP contribution >= 0.6 is 0 Å². The Hall–Kier alpha value is -1.79. The normalized spacial score (nSPS) is 19.8. The second-order valence-electron chi connectivity index (χ2n) is 8.88. The summed E-state index contributed by atoms with van der Waals surface area (Å²) in [7, 11) is 4.04. The van der Waals surface area contributed by atoms with Crippen molar-refractivity contribution in [1.29, 1.82) is 0 Å². The summed E-state index contributed by atoms with van der Waals surface area (Å²) in [5.41, 5.74) is 2.42. The number of ether oxygens (including phenoxy) is 1. The molecule has 1 aliphatic carbocycles. The molecule has 2 fully saturated rings. The molecule has 6 heteroatoms. The third-order valence-corrected chi connectivity index (χ3v) is 5.85. The van der Waals surface area contributed by atoms with Crippen LogP contribution in [0.2, 0.25) is 0 Å². The third-order valence-electron chi connectivity index (χ3n) is 5.85. The van der Waals surface area contributed by atoms with Gasteiger partial charge in [0.25, 0.3) is 0 Å². The highest BCUT2D eigenvalue weighted by atomic mass is 16.5. The monoisotopic (exact) mass is 401 g/mol. The Morgan fingerprint density at radius 2 is 1.97 bits per heavy atom. The maximum absolute atomic E-state index is 6.09. The zero-order valence-corrected chi connectivity index (χ0v) is 18.7. The quantitative estimate of drug-likeness (QED) is 0.491. The van der Waals surface area contributed by atoms with Crippen LogP contribution in [0.15, 0.2) is 23.2 Å². The standard InChI is InChI=1S/C23H39N5O/c1-18-5-8-21(22(13-18)29-17-20-6-7-20)15-26-23(24-3)25-14-19(2)16-28-11-9-27(4)10-12-28/h5,8,13,19-20H,6-7,9-12,14-17H2,1-4H3,(H2,24,25,26). The van der Waals surface area contributed by atoms with Crippen LogP contribution in [0, 0.1) is 18.8 Å². The molecule has 1 atom stereocenters. The van der Waals surface area contributed by atoms with Crippen molar-refractivity contribution in [3.8, 4) is 5.75 Å². The molecule has 2 aliphatic rings. The molecule has 1 saturated carbocycles. The molecule has 0 aromatic heterocycles. The number of nitrogens with zero attached hydrogens (tertiary/aromatic N) is 3. The second kappa shape index (κ2) is 10.8. The molecule has 162 valence electrons. The fraction of sp³-hybridized carbons (Fsp3) is 0.696. The van der Waals surface area contributed by atoms with Crippen molar-refractivity contribution in [1.82, 2.24) is 20.4 Å². The van der Waals surface area contributed by atoms with Crippen LogP contribution in [0.3, 0.4) is 0 Å². The van der Waals surface area contributed by atoms with Crippen LogP contribution in [-0.2, 0) is 6.54 Å². The molecule has 2 N–H and O–H groups in total. The van der Waals surface area contributed by atoms with E-state index in [9.17, 15) is 0 Å². The van der Waals surface area contributed by atoms with Gasteiger partial charge in [0.05, 0.1) is 6.61 Å². The minimum Gasteiger partial charge on any atom is -0.493 e. The number of hydrogen-bond donors (Lipinski definition) is 2. The highest BCUT2D eigenvalue weighted by Crippen LogP contribution is 2.30. The van der Waals surface area contributed by atoms with E-state index >= 15 is 0 Å². The number of nitrogens with one attached hydrogen (secondary N) is 2. The summed E-state index contributed by atoms with van der Waals surface area (Å²) >= 11 is 0. The van der Waals surface area contributed by atoms with E-state index < -0.39 is 0 Å². The molecule has 29 heavy (non-hydrogen) atoms. The fourth-order valence-corrected chi connectivity index (χ4v) is 3.64. The zero-order chi connectivity index (χ0) is 20.6. The Bertz CT molecular complexity index is 665. The smallest absolute Gasteiger partial charge is 0.191 e. The first kappa shape index (κ1) is 21.9. The first-order chi connectivity index (χ1) is 14.0. The van der Waals surface area contributed by atoms with Gasteiger partial charge in [-0.05, 0) is 50.3 Å². The van der Waals surface area contributed by atoms with E-state index in [1.54, 1.807) is 0 Å². The zero-order valence-electron chi connectivity index (χ0n) is 18.7. The molecule has 0 bridgehead atoms. The van der Waals surface area contributed by atoms with Crippen LogP contribution in [-0.4, -0.2) is 75.7 Å². The summed E-state index contributed by atoms with van der Waals surface area (Å²) < 4.78 is 6.09. The average Bonchev–Trinajstić information content (AvgIpc) is 3.54. The van der Waals surface area contributed by atoms with Crippen molar-refractivity contribution in [3.05, 3.63) is 29.3 Å². The van der Waals surface area contributed by atoms with Gasteiger partial charge in [-0.2, -0.15) is 0 Å². The van der Waals surface area contributed by atoms with Crippen molar-refractivity contribution in [2.24, 2.45) is 16.8 Å². The van der Waals surface area contributed by atoms with Gasteiger partial charge in [0.15, 0.2) is 5.96 Å². The Labute approximate surface area is 176 Å². The van der Waals surface area contributed by atoms with Gasteiger partial charge >= 0.3 is 0 Å². The van der Waals surface area contributed by atoms with E-state index in [-0.39, 0.29) is 0 Å². The molecule has 0 amide bonds. The second-order valence-corrected chi connectivity index (χ2v) is 8.88. The Morgan fingerprint density at radius 3 is 2.66 bits per heavy atom. The maximum atomic E-state index is 6.09. The summed E-state index contributed by atoms with van der Waals surface area (Å²) in [5.74, 6) is 3.19. The fourth-order valence-electron chi connectivity index (χ4n) is 3.64. The van der Waals surface area contributed by atoms with Crippen molar-refractivity contribution in [2.45, 2.75) is 33.2 Å². The van der Waals surface area contributed by atoms with Gasteiger partial charge in [-0.15, -0.1) is 0 Å². The lowest BCUT2D eigenvalue weighted by molar-refractivity contribution is 0.139. The largest absolute Gasteiger partial charge is 0.493 e. The molecule has 3 rings (SSSR count). The first-order valence-electron chi connectivity index (χ1n) is 11.1. The molecule has 1 heterocycles. The van der Waals surface area contributed by atoms with E-state index in [1.165, 1.54) is 50.1 Å². The van der Waals surface area contributed by atoms with Crippen molar-refractivity contribution in [3.63, 3.8) is 0 Å². The van der Waals surface area contributed by atoms with Crippen LogP contribution < -0.4 is 15.4 Å². The van der Waals surface area contributed by atoms with E-state index in [0.29, 0.717) is 12.5 Å². The van der Waals surface area contributed by atoms with Crippen molar-refractivity contribution < 1.29 is 4.74 Å². The number of piperazine rings is 1. The van der Waals surface area contributed by atoms with Gasteiger partial charge in [-0.25, -0.2) is 0 Å². The molecule has 1 aromatic carbocycles. The molecule has 1 aliphatic heterocycles. The minimum atomic E-state index is 0.578. The summed E-state index contributed by atoms with van der Waals surface area (Å²) in [5, 5.41) is 6.94. The summed E-state index contributed by atoms with van der Waals surface area (Å²) in [6, 6.07) is 6.46. The summed E-state index contributed by atoms with van der Waals surface area (Å²) in [6.07, 6.45) is 2.62. The number of likely N-dealkylation sites (N-methyl/N-ethyl adjacent to an activating group) is 1. The van der Waals surface area contributed by atoms with Gasteiger partial charge in [0, 0.05) is 58.4 Å². The van der Waals surface area contributed by atoms with Gasteiger partial charge in [0.1, 0.15) is 5.75 Å². The first-order valence-corrected chi connectivity index (χ1v) is 11.1. The van der Waals surface area contributed by atoms with Crippen LogP contribution in [0.4, 0.5) is 0 Å². The lowest BCUT2D eigenvalue weighted by atomic mass is 10.1. The predicted octanol–water partition coefficient (Wildman–Crippen LogP) is 2.33. The van der Waals surface area contributed by atoms with E-state index in [1.807, 2.05) is 7.05 Å².